The highest BCUT2D eigenvalue weighted by atomic mass is 16.3. The van der Waals surface area contributed by atoms with Crippen molar-refractivity contribution in [2.75, 3.05) is 0 Å². The van der Waals surface area contributed by atoms with Gasteiger partial charge in [-0.15, -0.1) is 0 Å². The van der Waals surface area contributed by atoms with E-state index in [4.69, 9.17) is 15.9 Å². The summed E-state index contributed by atoms with van der Waals surface area (Å²) < 4.78 is 0. The van der Waals surface area contributed by atoms with Gasteiger partial charge in [-0.25, -0.2) is 0 Å². The van der Waals surface area contributed by atoms with Crippen molar-refractivity contribution in [3.63, 3.8) is 0 Å². The van der Waals surface area contributed by atoms with E-state index < -0.39 is 0 Å². The maximum Gasteiger partial charge on any atom is 0.115 e. The normalized spacial score (nSPS) is 10.0. The Morgan fingerprint density at radius 2 is 2.00 bits per heavy atom. The Morgan fingerprint density at radius 3 is 2.55 bits per heavy atom. The Labute approximate surface area is 65.1 Å². The van der Waals surface area contributed by atoms with Crippen LogP contribution in [-0.4, -0.2) is 10.2 Å². The lowest BCUT2D eigenvalue weighted by Gasteiger charge is -2.04. The lowest BCUT2D eigenvalue weighted by Crippen LogP contribution is -2.00. The lowest BCUT2D eigenvalue weighted by atomic mass is 10.1. The van der Waals surface area contributed by atoms with Crippen LogP contribution in [0.3, 0.4) is 0 Å². The van der Waals surface area contributed by atoms with Crippen LogP contribution in [0.1, 0.15) is 11.1 Å². The Bertz CT molecular complexity index is 248. The molecule has 1 aromatic rings. The van der Waals surface area contributed by atoms with E-state index in [0.717, 1.165) is 11.1 Å². The van der Waals surface area contributed by atoms with Crippen LogP contribution >= 0.6 is 0 Å². The first-order valence-corrected chi connectivity index (χ1v) is 3.39. The van der Waals surface area contributed by atoms with E-state index in [1.54, 1.807) is 12.1 Å². The summed E-state index contributed by atoms with van der Waals surface area (Å²) in [6, 6.07) is 4.76. The number of aliphatic hydroxyl groups excluding tert-OH is 1. The molecule has 0 atom stereocenters. The van der Waals surface area contributed by atoms with Gasteiger partial charge in [0, 0.05) is 6.54 Å². The average Bonchev–Trinajstić information content (AvgIpc) is 2.04. The SMILES string of the molecule is NCc1cc(O)ccc1CO. The fourth-order valence-electron chi connectivity index (χ4n) is 0.957. The predicted octanol–water partition coefficient (Wildman–Crippen LogP) is 0.343. The number of aromatic hydroxyl groups is 1. The second kappa shape index (κ2) is 3.37. The zero-order chi connectivity index (χ0) is 8.27. The third-order valence-corrected chi connectivity index (χ3v) is 1.58. The van der Waals surface area contributed by atoms with Gasteiger partial charge in [0.2, 0.25) is 0 Å². The number of phenolic OH excluding ortho intramolecular Hbond substituents is 1. The monoisotopic (exact) mass is 153 g/mol. The molecule has 0 heterocycles. The lowest BCUT2D eigenvalue weighted by molar-refractivity contribution is 0.280. The fraction of sp³-hybridized carbons (Fsp3) is 0.250. The number of benzene rings is 1. The quantitative estimate of drug-likeness (QED) is 0.574. The van der Waals surface area contributed by atoms with Crippen LogP contribution < -0.4 is 5.73 Å². The summed E-state index contributed by atoms with van der Waals surface area (Å²) >= 11 is 0. The van der Waals surface area contributed by atoms with Crippen molar-refractivity contribution in [1.29, 1.82) is 0 Å². The zero-order valence-electron chi connectivity index (χ0n) is 6.12. The van der Waals surface area contributed by atoms with Gasteiger partial charge in [0.1, 0.15) is 5.75 Å². The van der Waals surface area contributed by atoms with Crippen LogP contribution in [0.5, 0.6) is 5.75 Å². The standard InChI is InChI=1S/C8H11NO2/c9-4-7-3-8(11)2-1-6(7)5-10/h1-3,10-11H,4-5,9H2. The highest BCUT2D eigenvalue weighted by Gasteiger charge is 1.99. The molecule has 4 N–H and O–H groups in total. The molecule has 1 rings (SSSR count). The molecule has 3 nitrogen and oxygen atoms in total. The van der Waals surface area contributed by atoms with E-state index in [9.17, 15) is 0 Å². The molecule has 0 aromatic heterocycles. The molecule has 3 heteroatoms. The third kappa shape index (κ3) is 1.69. The van der Waals surface area contributed by atoms with Crippen LogP contribution in [0.2, 0.25) is 0 Å². The number of phenols is 1. The van der Waals surface area contributed by atoms with Crippen LogP contribution in [0.15, 0.2) is 18.2 Å². The van der Waals surface area contributed by atoms with Crippen LogP contribution in [0.4, 0.5) is 0 Å². The van der Waals surface area contributed by atoms with Gasteiger partial charge in [0.25, 0.3) is 0 Å². The van der Waals surface area contributed by atoms with E-state index >= 15 is 0 Å². The molecule has 0 saturated heterocycles. The van der Waals surface area contributed by atoms with E-state index in [-0.39, 0.29) is 12.4 Å². The minimum Gasteiger partial charge on any atom is -0.508 e. The largest absolute Gasteiger partial charge is 0.508 e. The van der Waals surface area contributed by atoms with E-state index in [1.807, 2.05) is 0 Å². The van der Waals surface area contributed by atoms with Gasteiger partial charge in [0.15, 0.2) is 0 Å². The highest BCUT2D eigenvalue weighted by Crippen LogP contribution is 2.15. The van der Waals surface area contributed by atoms with Crippen molar-refractivity contribution in [3.8, 4) is 5.75 Å². The molecule has 0 unspecified atom stereocenters. The van der Waals surface area contributed by atoms with Crippen molar-refractivity contribution in [2.45, 2.75) is 13.2 Å². The fourth-order valence-corrected chi connectivity index (χ4v) is 0.957. The summed E-state index contributed by atoms with van der Waals surface area (Å²) in [6.07, 6.45) is 0. The van der Waals surface area contributed by atoms with Gasteiger partial charge in [-0.05, 0) is 23.3 Å². The second-order valence-corrected chi connectivity index (χ2v) is 2.32. The molecule has 0 aliphatic heterocycles. The van der Waals surface area contributed by atoms with Crippen LogP contribution in [0, 0.1) is 0 Å². The Balaban J connectivity index is 3.06. The summed E-state index contributed by atoms with van der Waals surface area (Å²) in [5.41, 5.74) is 6.93. The number of nitrogens with two attached hydrogens (primary N) is 1. The van der Waals surface area contributed by atoms with Crippen LogP contribution in [-0.2, 0) is 13.2 Å². The first-order valence-electron chi connectivity index (χ1n) is 3.39. The van der Waals surface area contributed by atoms with Gasteiger partial charge >= 0.3 is 0 Å². The molecule has 0 aliphatic carbocycles. The molecule has 0 aliphatic rings. The molecule has 0 spiro atoms. The van der Waals surface area contributed by atoms with E-state index in [2.05, 4.69) is 0 Å². The highest BCUT2D eigenvalue weighted by molar-refractivity contribution is 5.34. The van der Waals surface area contributed by atoms with Crippen molar-refractivity contribution in [3.05, 3.63) is 29.3 Å². The molecule has 0 bridgehead atoms. The Morgan fingerprint density at radius 1 is 1.27 bits per heavy atom. The summed E-state index contributed by atoms with van der Waals surface area (Å²) in [5.74, 6) is 0.183. The molecule has 0 radical (unpaired) electrons. The number of hydrogen-bond donors (Lipinski definition) is 3. The van der Waals surface area contributed by atoms with Crippen molar-refractivity contribution >= 4 is 0 Å². The topological polar surface area (TPSA) is 66.5 Å². The number of rotatable bonds is 2. The first kappa shape index (κ1) is 8.04. The van der Waals surface area contributed by atoms with Gasteiger partial charge in [-0.2, -0.15) is 0 Å². The van der Waals surface area contributed by atoms with Gasteiger partial charge < -0.3 is 15.9 Å². The molecule has 0 fully saturated rings. The predicted molar refractivity (Wildman–Crippen MR) is 41.9 cm³/mol. The molecular formula is C8H11NO2. The summed E-state index contributed by atoms with van der Waals surface area (Å²) in [6.45, 7) is 0.303. The summed E-state index contributed by atoms with van der Waals surface area (Å²) in [4.78, 5) is 0. The van der Waals surface area contributed by atoms with E-state index in [0.29, 0.717) is 6.54 Å². The average molecular weight is 153 g/mol. The van der Waals surface area contributed by atoms with Crippen molar-refractivity contribution in [1.82, 2.24) is 0 Å². The smallest absolute Gasteiger partial charge is 0.115 e. The Hall–Kier alpha value is -1.06. The zero-order valence-corrected chi connectivity index (χ0v) is 6.12. The first-order chi connectivity index (χ1) is 5.27. The third-order valence-electron chi connectivity index (χ3n) is 1.58. The molecular weight excluding hydrogens is 142 g/mol. The van der Waals surface area contributed by atoms with Gasteiger partial charge in [0.05, 0.1) is 6.61 Å². The van der Waals surface area contributed by atoms with Crippen molar-refractivity contribution in [2.24, 2.45) is 5.73 Å². The van der Waals surface area contributed by atoms with Gasteiger partial charge in [-0.3, -0.25) is 0 Å². The summed E-state index contributed by atoms with van der Waals surface area (Å²) in [7, 11) is 0. The minimum absolute atomic E-state index is 0.0349. The summed E-state index contributed by atoms with van der Waals surface area (Å²) in [5, 5.41) is 17.8. The van der Waals surface area contributed by atoms with Crippen molar-refractivity contribution < 1.29 is 10.2 Å². The molecule has 11 heavy (non-hydrogen) atoms. The molecule has 0 amide bonds. The molecule has 60 valence electrons. The molecule has 1 aromatic carbocycles. The number of aliphatic hydroxyl groups is 1. The second-order valence-electron chi connectivity index (χ2n) is 2.32. The number of hydrogen-bond acceptors (Lipinski definition) is 3. The van der Waals surface area contributed by atoms with Crippen LogP contribution in [0.25, 0.3) is 0 Å². The maximum absolute atomic E-state index is 9.03. The van der Waals surface area contributed by atoms with E-state index in [1.165, 1.54) is 6.07 Å². The molecule has 0 saturated carbocycles. The maximum atomic E-state index is 9.03. The van der Waals surface area contributed by atoms with Gasteiger partial charge in [-0.1, -0.05) is 6.07 Å². The Kier molecular flexibility index (Phi) is 2.46. The minimum atomic E-state index is -0.0349.